The summed E-state index contributed by atoms with van der Waals surface area (Å²) in [4.78, 5) is 12.4. The van der Waals surface area contributed by atoms with Crippen molar-refractivity contribution in [1.82, 2.24) is 5.32 Å². The van der Waals surface area contributed by atoms with Crippen molar-refractivity contribution in [3.05, 3.63) is 102 Å². The number of hydrogen-bond acceptors (Lipinski definition) is 4. The standard InChI is InChI=1S/C23H24N2O3S2/c24-30(27,28)21-13-11-18(12-14-21)15-16-25-22(26)17-29-23(19-7-3-1-4-8-19)20-9-5-2-6-10-20/h1-14,23H,15-17H2,(H,25,26)(H2,24,27,28). The zero-order valence-corrected chi connectivity index (χ0v) is 18.0. The summed E-state index contributed by atoms with van der Waals surface area (Å²) < 4.78 is 22.6. The lowest BCUT2D eigenvalue weighted by Crippen LogP contribution is -2.27. The van der Waals surface area contributed by atoms with Crippen molar-refractivity contribution >= 4 is 27.7 Å². The minimum absolute atomic E-state index is 0.0296. The molecule has 0 saturated carbocycles. The maximum atomic E-state index is 12.4. The van der Waals surface area contributed by atoms with Crippen LogP contribution in [-0.4, -0.2) is 26.6 Å². The molecule has 0 aliphatic heterocycles. The maximum absolute atomic E-state index is 12.4. The van der Waals surface area contributed by atoms with E-state index in [4.69, 9.17) is 5.14 Å². The summed E-state index contributed by atoms with van der Waals surface area (Å²) >= 11 is 1.59. The SMILES string of the molecule is NS(=O)(=O)c1ccc(CCNC(=O)CSC(c2ccccc2)c2ccccc2)cc1. The second kappa shape index (κ2) is 10.4. The minimum atomic E-state index is -3.69. The molecule has 5 nitrogen and oxygen atoms in total. The summed E-state index contributed by atoms with van der Waals surface area (Å²) in [7, 11) is -3.69. The molecule has 156 valence electrons. The Balaban J connectivity index is 1.52. The molecule has 3 N–H and O–H groups in total. The van der Waals surface area contributed by atoms with E-state index in [-0.39, 0.29) is 16.1 Å². The molecule has 0 spiro atoms. The minimum Gasteiger partial charge on any atom is -0.355 e. The van der Waals surface area contributed by atoms with Crippen molar-refractivity contribution in [2.24, 2.45) is 5.14 Å². The van der Waals surface area contributed by atoms with Crippen molar-refractivity contribution in [2.75, 3.05) is 12.3 Å². The van der Waals surface area contributed by atoms with Crippen molar-refractivity contribution in [3.8, 4) is 0 Å². The van der Waals surface area contributed by atoms with Crippen LogP contribution in [0.5, 0.6) is 0 Å². The van der Waals surface area contributed by atoms with E-state index in [0.717, 1.165) is 16.7 Å². The number of nitrogens with two attached hydrogens (primary N) is 1. The molecule has 0 fully saturated rings. The normalized spacial score (nSPS) is 11.4. The molecule has 3 rings (SSSR count). The lowest BCUT2D eigenvalue weighted by molar-refractivity contribution is -0.118. The number of thioether (sulfide) groups is 1. The van der Waals surface area contributed by atoms with E-state index >= 15 is 0 Å². The molecule has 0 atom stereocenters. The molecular weight excluding hydrogens is 416 g/mol. The Morgan fingerprint density at radius 2 is 1.40 bits per heavy atom. The lowest BCUT2D eigenvalue weighted by Gasteiger charge is -2.17. The average Bonchev–Trinajstić information content (AvgIpc) is 2.75. The summed E-state index contributed by atoms with van der Waals surface area (Å²) in [5.74, 6) is 0.316. The zero-order valence-electron chi connectivity index (χ0n) is 16.4. The Morgan fingerprint density at radius 1 is 0.867 bits per heavy atom. The molecular formula is C23H24N2O3S2. The third-order valence-corrected chi connectivity index (χ3v) is 6.81. The van der Waals surface area contributed by atoms with E-state index in [2.05, 4.69) is 29.6 Å². The summed E-state index contributed by atoms with van der Waals surface area (Å²) in [6.45, 7) is 0.482. The second-order valence-corrected chi connectivity index (χ2v) is 9.46. The maximum Gasteiger partial charge on any atom is 0.238 e. The molecule has 0 aromatic heterocycles. The van der Waals surface area contributed by atoms with Gasteiger partial charge in [0.1, 0.15) is 0 Å². The number of sulfonamides is 1. The number of nitrogens with one attached hydrogen (secondary N) is 1. The van der Waals surface area contributed by atoms with Gasteiger partial charge in [-0.05, 0) is 35.2 Å². The average molecular weight is 441 g/mol. The van der Waals surface area contributed by atoms with Crippen LogP contribution in [0.15, 0.2) is 89.8 Å². The first-order chi connectivity index (χ1) is 14.4. The molecule has 3 aromatic carbocycles. The highest BCUT2D eigenvalue weighted by Crippen LogP contribution is 2.35. The number of rotatable bonds is 9. The van der Waals surface area contributed by atoms with Crippen LogP contribution in [-0.2, 0) is 21.2 Å². The fourth-order valence-corrected chi connectivity index (χ4v) is 4.68. The third kappa shape index (κ3) is 6.45. The zero-order chi connectivity index (χ0) is 21.4. The van der Waals surface area contributed by atoms with Gasteiger partial charge >= 0.3 is 0 Å². The van der Waals surface area contributed by atoms with Crippen molar-refractivity contribution in [2.45, 2.75) is 16.6 Å². The van der Waals surface area contributed by atoms with Gasteiger partial charge in [-0.2, -0.15) is 0 Å². The smallest absolute Gasteiger partial charge is 0.238 e. The summed E-state index contributed by atoms with van der Waals surface area (Å²) in [6, 6.07) is 26.7. The van der Waals surface area contributed by atoms with Crippen LogP contribution in [0.25, 0.3) is 0 Å². The van der Waals surface area contributed by atoms with Crippen molar-refractivity contribution in [1.29, 1.82) is 0 Å². The van der Waals surface area contributed by atoms with Gasteiger partial charge in [0.15, 0.2) is 0 Å². The van der Waals surface area contributed by atoms with Crippen molar-refractivity contribution in [3.63, 3.8) is 0 Å². The van der Waals surface area contributed by atoms with Crippen molar-refractivity contribution < 1.29 is 13.2 Å². The summed E-state index contributed by atoms with van der Waals surface area (Å²) in [6.07, 6.45) is 0.613. The molecule has 0 unspecified atom stereocenters. The van der Waals surface area contributed by atoms with Crippen LogP contribution in [0.1, 0.15) is 21.9 Å². The highest BCUT2D eigenvalue weighted by atomic mass is 32.2. The predicted octanol–water partition coefficient (Wildman–Crippen LogP) is 3.52. The molecule has 0 heterocycles. The van der Waals surface area contributed by atoms with Gasteiger partial charge in [-0.25, -0.2) is 13.6 Å². The molecule has 0 bridgehead atoms. The van der Waals surface area contributed by atoms with Gasteiger partial charge in [0.05, 0.1) is 15.9 Å². The van der Waals surface area contributed by atoms with Crippen LogP contribution in [0.2, 0.25) is 0 Å². The third-order valence-electron chi connectivity index (χ3n) is 4.57. The number of amides is 1. The molecule has 0 aliphatic rings. The molecule has 30 heavy (non-hydrogen) atoms. The fourth-order valence-electron chi connectivity index (χ4n) is 3.04. The van der Waals surface area contributed by atoms with E-state index in [0.29, 0.717) is 18.7 Å². The predicted molar refractivity (Wildman–Crippen MR) is 122 cm³/mol. The number of carbonyl (C=O) groups is 1. The van der Waals surface area contributed by atoms with Crippen LogP contribution in [0, 0.1) is 0 Å². The number of benzene rings is 3. The van der Waals surface area contributed by atoms with Gasteiger partial charge in [-0.15, -0.1) is 11.8 Å². The topological polar surface area (TPSA) is 89.3 Å². The van der Waals surface area contributed by atoms with Gasteiger partial charge < -0.3 is 5.32 Å². The van der Waals surface area contributed by atoms with Gasteiger partial charge in [-0.1, -0.05) is 72.8 Å². The second-order valence-electron chi connectivity index (χ2n) is 6.80. The van der Waals surface area contributed by atoms with Gasteiger partial charge in [0.25, 0.3) is 0 Å². The molecule has 0 radical (unpaired) electrons. The number of carbonyl (C=O) groups excluding carboxylic acids is 1. The quantitative estimate of drug-likeness (QED) is 0.533. The monoisotopic (exact) mass is 440 g/mol. The van der Waals surface area contributed by atoms with E-state index < -0.39 is 10.0 Å². The van der Waals surface area contributed by atoms with Crippen LogP contribution >= 0.6 is 11.8 Å². The Hall–Kier alpha value is -2.61. The van der Waals surface area contributed by atoms with Crippen LogP contribution in [0.3, 0.4) is 0 Å². The van der Waals surface area contributed by atoms with Gasteiger partial charge in [0.2, 0.25) is 15.9 Å². The first kappa shape index (κ1) is 22.1. The first-order valence-electron chi connectivity index (χ1n) is 9.53. The fraction of sp³-hybridized carbons (Fsp3) is 0.174. The van der Waals surface area contributed by atoms with Gasteiger partial charge in [0, 0.05) is 6.54 Å². The van der Waals surface area contributed by atoms with Gasteiger partial charge in [-0.3, -0.25) is 4.79 Å². The van der Waals surface area contributed by atoms with E-state index in [9.17, 15) is 13.2 Å². The Kier molecular flexibility index (Phi) is 7.68. The van der Waals surface area contributed by atoms with Crippen LogP contribution in [0.4, 0.5) is 0 Å². The molecule has 0 saturated heterocycles. The first-order valence-corrected chi connectivity index (χ1v) is 12.1. The number of primary sulfonamides is 1. The summed E-state index contributed by atoms with van der Waals surface area (Å²) in [5.41, 5.74) is 3.26. The molecule has 0 aliphatic carbocycles. The Morgan fingerprint density at radius 3 is 1.90 bits per heavy atom. The highest BCUT2D eigenvalue weighted by Gasteiger charge is 2.16. The number of hydrogen-bond donors (Lipinski definition) is 2. The van der Waals surface area contributed by atoms with E-state index in [1.165, 1.54) is 12.1 Å². The molecule has 1 amide bonds. The molecule has 7 heteroatoms. The molecule has 3 aromatic rings. The lowest BCUT2D eigenvalue weighted by atomic mass is 10.0. The van der Waals surface area contributed by atoms with E-state index in [1.54, 1.807) is 23.9 Å². The van der Waals surface area contributed by atoms with E-state index in [1.807, 2.05) is 36.4 Å². The van der Waals surface area contributed by atoms with Crippen LogP contribution < -0.4 is 10.5 Å². The largest absolute Gasteiger partial charge is 0.355 e. The summed E-state index contributed by atoms with van der Waals surface area (Å²) in [5, 5.41) is 8.12. The Labute approximate surface area is 181 Å². The Bertz CT molecular complexity index is 1020. The highest BCUT2D eigenvalue weighted by molar-refractivity contribution is 8.00.